The van der Waals surface area contributed by atoms with Crippen LogP contribution < -0.4 is 5.32 Å². The van der Waals surface area contributed by atoms with E-state index in [1.165, 1.54) is 6.92 Å². The lowest BCUT2D eigenvalue weighted by molar-refractivity contribution is 0.100. The smallest absolute Gasteiger partial charge is 0.272 e. The number of nitrogens with one attached hydrogen (secondary N) is 3. The quantitative estimate of drug-likeness (QED) is 0.645. The normalized spacial score (nSPS) is 10.8. The highest BCUT2D eigenvalue weighted by atomic mass is 16.2. The number of H-pyrrole nitrogens is 2. The van der Waals surface area contributed by atoms with Crippen LogP contribution in [0.1, 0.15) is 33.5 Å². The third-order valence-corrected chi connectivity index (χ3v) is 3.18. The molecule has 21 heavy (non-hydrogen) atoms. The SMILES string of the molecule is CC(=O)c1cc2cc(NC(=O)c3cc(C)c[nH]3)cnc2[nH]1. The number of anilines is 1. The fraction of sp³-hybridized carbons (Fsp3) is 0.133. The van der Waals surface area contributed by atoms with Crippen LogP contribution in [0.15, 0.2) is 30.6 Å². The average molecular weight is 282 g/mol. The second-order valence-electron chi connectivity index (χ2n) is 4.95. The Morgan fingerprint density at radius 2 is 2.00 bits per heavy atom. The fourth-order valence-electron chi connectivity index (χ4n) is 2.11. The van der Waals surface area contributed by atoms with Gasteiger partial charge in [0.15, 0.2) is 5.78 Å². The van der Waals surface area contributed by atoms with Gasteiger partial charge in [-0.3, -0.25) is 9.59 Å². The standard InChI is InChI=1S/C15H14N4O2/c1-8-3-13(16-6-8)15(21)18-11-4-10-5-12(9(2)20)19-14(10)17-7-11/h3-7,16H,1-2H3,(H,17,19)(H,18,21). The first-order chi connectivity index (χ1) is 10.0. The summed E-state index contributed by atoms with van der Waals surface area (Å²) in [5, 5.41) is 3.55. The number of aromatic amines is 2. The molecule has 0 unspecified atom stereocenters. The van der Waals surface area contributed by atoms with Crippen LogP contribution >= 0.6 is 0 Å². The Balaban J connectivity index is 1.87. The summed E-state index contributed by atoms with van der Waals surface area (Å²) in [5.74, 6) is -0.285. The summed E-state index contributed by atoms with van der Waals surface area (Å²) in [6, 6.07) is 5.27. The zero-order valence-electron chi connectivity index (χ0n) is 11.7. The van der Waals surface area contributed by atoms with Crippen LogP contribution in [0.3, 0.4) is 0 Å². The Morgan fingerprint density at radius 1 is 1.19 bits per heavy atom. The number of rotatable bonds is 3. The van der Waals surface area contributed by atoms with Crippen LogP contribution in [0.5, 0.6) is 0 Å². The maximum atomic E-state index is 12.0. The highest BCUT2D eigenvalue weighted by Crippen LogP contribution is 2.18. The van der Waals surface area contributed by atoms with Crippen LogP contribution in [0.25, 0.3) is 11.0 Å². The number of hydrogen-bond donors (Lipinski definition) is 3. The predicted octanol–water partition coefficient (Wildman–Crippen LogP) is 2.65. The Hall–Kier alpha value is -2.89. The van der Waals surface area contributed by atoms with Crippen LogP contribution in [-0.2, 0) is 0 Å². The highest BCUT2D eigenvalue weighted by Gasteiger charge is 2.10. The largest absolute Gasteiger partial charge is 0.357 e. The van der Waals surface area contributed by atoms with Gasteiger partial charge in [-0.05, 0) is 30.7 Å². The first kappa shape index (κ1) is 13.1. The number of hydrogen-bond acceptors (Lipinski definition) is 3. The molecule has 0 saturated carbocycles. The van der Waals surface area contributed by atoms with E-state index in [-0.39, 0.29) is 11.7 Å². The second-order valence-corrected chi connectivity index (χ2v) is 4.95. The molecular weight excluding hydrogens is 268 g/mol. The molecule has 3 N–H and O–H groups in total. The third kappa shape index (κ3) is 2.55. The number of aryl methyl sites for hydroxylation is 1. The number of fused-ring (bicyclic) bond motifs is 1. The maximum absolute atomic E-state index is 12.0. The maximum Gasteiger partial charge on any atom is 0.272 e. The Bertz CT molecular complexity index is 844. The molecule has 1 amide bonds. The zero-order chi connectivity index (χ0) is 15.0. The van der Waals surface area contributed by atoms with E-state index in [1.807, 2.05) is 6.92 Å². The van der Waals surface area contributed by atoms with E-state index < -0.39 is 0 Å². The van der Waals surface area contributed by atoms with Crippen molar-refractivity contribution in [3.63, 3.8) is 0 Å². The van der Waals surface area contributed by atoms with Crippen molar-refractivity contribution in [2.24, 2.45) is 0 Å². The number of Topliss-reactive ketones (excluding diaryl/α,β-unsaturated/α-hetero) is 1. The van der Waals surface area contributed by atoms with E-state index in [2.05, 4.69) is 20.3 Å². The van der Waals surface area contributed by atoms with E-state index in [9.17, 15) is 9.59 Å². The van der Waals surface area contributed by atoms with Gasteiger partial charge in [-0.1, -0.05) is 0 Å². The van der Waals surface area contributed by atoms with E-state index in [0.29, 0.717) is 22.7 Å². The van der Waals surface area contributed by atoms with Gasteiger partial charge in [-0.25, -0.2) is 4.98 Å². The van der Waals surface area contributed by atoms with E-state index in [1.54, 1.807) is 30.6 Å². The summed E-state index contributed by atoms with van der Waals surface area (Å²) in [6.45, 7) is 3.39. The number of carbonyl (C=O) groups is 2. The van der Waals surface area contributed by atoms with Gasteiger partial charge in [0, 0.05) is 18.5 Å². The van der Waals surface area contributed by atoms with Crippen molar-refractivity contribution >= 4 is 28.4 Å². The summed E-state index contributed by atoms with van der Waals surface area (Å²) >= 11 is 0. The van der Waals surface area contributed by atoms with E-state index in [0.717, 1.165) is 10.9 Å². The lowest BCUT2D eigenvalue weighted by Crippen LogP contribution is -2.12. The summed E-state index contributed by atoms with van der Waals surface area (Å²) in [7, 11) is 0. The van der Waals surface area contributed by atoms with Crippen molar-refractivity contribution < 1.29 is 9.59 Å². The van der Waals surface area contributed by atoms with Crippen molar-refractivity contribution in [2.75, 3.05) is 5.32 Å². The number of carbonyl (C=O) groups excluding carboxylic acids is 2. The van der Waals surface area contributed by atoms with Gasteiger partial charge in [-0.2, -0.15) is 0 Å². The Kier molecular flexibility index (Phi) is 3.06. The van der Waals surface area contributed by atoms with Gasteiger partial charge in [0.1, 0.15) is 11.3 Å². The van der Waals surface area contributed by atoms with Gasteiger partial charge < -0.3 is 15.3 Å². The van der Waals surface area contributed by atoms with Gasteiger partial charge >= 0.3 is 0 Å². The van der Waals surface area contributed by atoms with Crippen LogP contribution in [0, 0.1) is 6.92 Å². The van der Waals surface area contributed by atoms with Crippen molar-refractivity contribution in [1.82, 2.24) is 15.0 Å². The Labute approximate surface area is 120 Å². The topological polar surface area (TPSA) is 90.6 Å². The van der Waals surface area contributed by atoms with E-state index >= 15 is 0 Å². The molecule has 0 radical (unpaired) electrons. The lowest BCUT2D eigenvalue weighted by atomic mass is 10.2. The lowest BCUT2D eigenvalue weighted by Gasteiger charge is -2.03. The highest BCUT2D eigenvalue weighted by molar-refractivity contribution is 6.04. The summed E-state index contributed by atoms with van der Waals surface area (Å²) in [4.78, 5) is 33.4. The number of amides is 1. The summed E-state index contributed by atoms with van der Waals surface area (Å²) in [5.41, 5.74) is 3.18. The van der Waals surface area contributed by atoms with Crippen LogP contribution in [-0.4, -0.2) is 26.6 Å². The van der Waals surface area contributed by atoms with Gasteiger partial charge in [0.2, 0.25) is 0 Å². The minimum atomic E-state index is -0.230. The third-order valence-electron chi connectivity index (χ3n) is 3.18. The number of ketones is 1. The summed E-state index contributed by atoms with van der Waals surface area (Å²) in [6.07, 6.45) is 3.32. The molecule has 6 heteroatoms. The van der Waals surface area contributed by atoms with Crippen LogP contribution in [0.2, 0.25) is 0 Å². The molecule has 3 aromatic rings. The molecule has 3 heterocycles. The summed E-state index contributed by atoms with van der Waals surface area (Å²) < 4.78 is 0. The van der Waals surface area contributed by atoms with Crippen molar-refractivity contribution in [3.8, 4) is 0 Å². The molecule has 0 aliphatic rings. The zero-order valence-corrected chi connectivity index (χ0v) is 11.7. The minimum Gasteiger partial charge on any atom is -0.357 e. The van der Waals surface area contributed by atoms with Gasteiger partial charge in [-0.15, -0.1) is 0 Å². The van der Waals surface area contributed by atoms with Crippen LogP contribution in [0.4, 0.5) is 5.69 Å². The molecular formula is C15H14N4O2. The molecule has 0 atom stereocenters. The molecule has 0 aromatic carbocycles. The van der Waals surface area contributed by atoms with Crippen molar-refractivity contribution in [1.29, 1.82) is 0 Å². The molecule has 6 nitrogen and oxygen atoms in total. The Morgan fingerprint density at radius 3 is 2.67 bits per heavy atom. The molecule has 0 aliphatic carbocycles. The molecule has 0 saturated heterocycles. The monoisotopic (exact) mass is 282 g/mol. The molecule has 0 bridgehead atoms. The van der Waals surface area contributed by atoms with Crippen molar-refractivity contribution in [2.45, 2.75) is 13.8 Å². The molecule has 3 aromatic heterocycles. The first-order valence-corrected chi connectivity index (χ1v) is 6.49. The van der Waals surface area contributed by atoms with Gasteiger partial charge in [0.25, 0.3) is 5.91 Å². The minimum absolute atomic E-state index is 0.0551. The molecule has 3 rings (SSSR count). The molecule has 0 aliphatic heterocycles. The molecule has 0 fully saturated rings. The van der Waals surface area contributed by atoms with Gasteiger partial charge in [0.05, 0.1) is 17.6 Å². The fourth-order valence-corrected chi connectivity index (χ4v) is 2.11. The second kappa shape index (κ2) is 4.90. The van der Waals surface area contributed by atoms with E-state index in [4.69, 9.17) is 0 Å². The first-order valence-electron chi connectivity index (χ1n) is 6.49. The average Bonchev–Trinajstić information content (AvgIpc) is 3.04. The molecule has 106 valence electrons. The molecule has 0 spiro atoms. The van der Waals surface area contributed by atoms with Crippen molar-refractivity contribution in [3.05, 3.63) is 47.5 Å². The predicted molar refractivity (Wildman–Crippen MR) is 79.6 cm³/mol. The number of aromatic nitrogens is 3. The number of nitrogens with zero attached hydrogens (tertiary/aromatic N) is 1. The number of pyridine rings is 1.